The van der Waals surface area contributed by atoms with Crippen LogP contribution >= 0.6 is 0 Å². The van der Waals surface area contributed by atoms with Crippen LogP contribution in [0.2, 0.25) is 0 Å². The first-order valence-corrected chi connectivity index (χ1v) is 10.1. The Kier molecular flexibility index (Phi) is 6.50. The van der Waals surface area contributed by atoms with Crippen molar-refractivity contribution in [1.82, 2.24) is 0 Å². The van der Waals surface area contributed by atoms with Gasteiger partial charge in [-0.15, -0.1) is 0 Å². The number of allylic oxidation sites excluding steroid dienone is 2. The fourth-order valence-electron chi connectivity index (χ4n) is 3.57. The Labute approximate surface area is 167 Å². The van der Waals surface area contributed by atoms with Crippen molar-refractivity contribution in [2.75, 3.05) is 19.8 Å². The van der Waals surface area contributed by atoms with Gasteiger partial charge in [0.15, 0.2) is 0 Å². The van der Waals surface area contributed by atoms with E-state index in [1.807, 2.05) is 39.8 Å². The van der Waals surface area contributed by atoms with E-state index in [1.165, 1.54) is 0 Å². The van der Waals surface area contributed by atoms with Crippen LogP contribution in [0.3, 0.4) is 0 Å². The second-order valence-electron chi connectivity index (χ2n) is 6.84. The second-order valence-corrected chi connectivity index (χ2v) is 6.84. The summed E-state index contributed by atoms with van der Waals surface area (Å²) in [5, 5.41) is 0. The summed E-state index contributed by atoms with van der Waals surface area (Å²) >= 11 is 0. The number of hydrogen-bond acceptors (Lipinski definition) is 4. The minimum Gasteiger partial charge on any atom is -0.494 e. The number of hydrogen-bond donors (Lipinski definition) is 0. The summed E-state index contributed by atoms with van der Waals surface area (Å²) in [5.41, 5.74) is 3.14. The van der Waals surface area contributed by atoms with Crippen molar-refractivity contribution < 1.29 is 18.6 Å². The van der Waals surface area contributed by atoms with Gasteiger partial charge in [0.25, 0.3) is 0 Å². The summed E-state index contributed by atoms with van der Waals surface area (Å²) in [4.78, 5) is 0. The fourth-order valence-corrected chi connectivity index (χ4v) is 3.57. The maximum Gasteiger partial charge on any atom is 0.127 e. The molecule has 3 rings (SSSR count). The van der Waals surface area contributed by atoms with Gasteiger partial charge in [-0.2, -0.15) is 0 Å². The van der Waals surface area contributed by atoms with Crippen LogP contribution in [0.1, 0.15) is 61.3 Å². The lowest BCUT2D eigenvalue weighted by Crippen LogP contribution is -1.98. The Hall–Kier alpha value is -2.62. The van der Waals surface area contributed by atoms with Crippen LogP contribution in [-0.4, -0.2) is 19.8 Å². The number of rotatable bonds is 8. The van der Waals surface area contributed by atoms with Crippen molar-refractivity contribution in [2.45, 2.75) is 47.0 Å². The van der Waals surface area contributed by atoms with Crippen LogP contribution < -0.4 is 4.74 Å². The lowest BCUT2D eigenvalue weighted by Gasteiger charge is -2.13. The molecule has 0 bridgehead atoms. The first-order chi connectivity index (χ1) is 13.6. The predicted molar refractivity (Wildman–Crippen MR) is 112 cm³/mol. The molecule has 0 fully saturated rings. The van der Waals surface area contributed by atoms with Gasteiger partial charge in [0.05, 0.1) is 30.9 Å². The first kappa shape index (κ1) is 20.1. The summed E-state index contributed by atoms with van der Waals surface area (Å²) in [6, 6.07) is 8.26. The zero-order valence-electron chi connectivity index (χ0n) is 17.5. The molecule has 1 heterocycles. The molecule has 4 nitrogen and oxygen atoms in total. The highest BCUT2D eigenvalue weighted by Crippen LogP contribution is 2.41. The summed E-state index contributed by atoms with van der Waals surface area (Å²) in [7, 11) is 0. The van der Waals surface area contributed by atoms with Crippen molar-refractivity contribution in [3.05, 3.63) is 64.6 Å². The standard InChI is InChI=1S/C24H30O4/c1-6-13-27-20-11-9-18(10-12-20)19-14-21(25-7-2)23-16(4)28-17(5)24(23)22(15-19)26-8-3/h9-12,14-15,19H,6-8,13H2,1-5H3. The highest BCUT2D eigenvalue weighted by molar-refractivity contribution is 5.80. The predicted octanol–water partition coefficient (Wildman–Crippen LogP) is 6.24. The van der Waals surface area contributed by atoms with E-state index < -0.39 is 0 Å². The van der Waals surface area contributed by atoms with E-state index in [-0.39, 0.29) is 5.92 Å². The molecule has 1 aliphatic carbocycles. The van der Waals surface area contributed by atoms with Crippen molar-refractivity contribution in [3.8, 4) is 5.75 Å². The number of benzene rings is 1. The Morgan fingerprint density at radius 2 is 1.32 bits per heavy atom. The van der Waals surface area contributed by atoms with E-state index in [0.717, 1.165) is 58.5 Å². The third-order valence-electron chi connectivity index (χ3n) is 4.75. The number of ether oxygens (including phenoxy) is 3. The van der Waals surface area contributed by atoms with Crippen molar-refractivity contribution >= 4 is 11.5 Å². The van der Waals surface area contributed by atoms with Crippen molar-refractivity contribution in [3.63, 3.8) is 0 Å². The van der Waals surface area contributed by atoms with Gasteiger partial charge in [-0.1, -0.05) is 19.1 Å². The molecule has 0 atom stereocenters. The van der Waals surface area contributed by atoms with Gasteiger partial charge in [-0.05, 0) is 64.0 Å². The van der Waals surface area contributed by atoms with Crippen LogP contribution in [0.15, 0.2) is 40.8 Å². The number of aryl methyl sites for hydroxylation is 2. The molecule has 2 aromatic rings. The van der Waals surface area contributed by atoms with Gasteiger partial charge in [0.1, 0.15) is 28.8 Å². The molecule has 0 N–H and O–H groups in total. The monoisotopic (exact) mass is 382 g/mol. The minimum atomic E-state index is 0.0366. The zero-order chi connectivity index (χ0) is 20.1. The van der Waals surface area contributed by atoms with Crippen molar-refractivity contribution in [1.29, 1.82) is 0 Å². The molecule has 1 aromatic carbocycles. The average Bonchev–Trinajstić information content (AvgIpc) is 2.88. The molecule has 0 saturated heterocycles. The molecule has 0 saturated carbocycles. The topological polar surface area (TPSA) is 40.8 Å². The normalized spacial score (nSPS) is 14.0. The molecule has 0 spiro atoms. The Morgan fingerprint density at radius 1 is 0.786 bits per heavy atom. The molecule has 0 amide bonds. The van der Waals surface area contributed by atoms with Crippen LogP contribution in [-0.2, 0) is 9.47 Å². The largest absolute Gasteiger partial charge is 0.494 e. The lowest BCUT2D eigenvalue weighted by molar-refractivity contribution is 0.293. The van der Waals surface area contributed by atoms with Gasteiger partial charge >= 0.3 is 0 Å². The lowest BCUT2D eigenvalue weighted by atomic mass is 9.97. The van der Waals surface area contributed by atoms with Crippen LogP contribution in [0.25, 0.3) is 11.5 Å². The molecule has 28 heavy (non-hydrogen) atoms. The van der Waals surface area contributed by atoms with Crippen LogP contribution in [0.5, 0.6) is 5.75 Å². The van der Waals surface area contributed by atoms with Crippen LogP contribution in [0.4, 0.5) is 0 Å². The molecule has 1 aliphatic rings. The van der Waals surface area contributed by atoms with Gasteiger partial charge in [0.2, 0.25) is 0 Å². The van der Waals surface area contributed by atoms with E-state index in [2.05, 4.69) is 31.2 Å². The third-order valence-corrected chi connectivity index (χ3v) is 4.75. The molecule has 150 valence electrons. The maximum atomic E-state index is 6.03. The molecule has 1 aromatic heterocycles. The van der Waals surface area contributed by atoms with Gasteiger partial charge in [-0.3, -0.25) is 0 Å². The Balaban J connectivity index is 2.05. The first-order valence-electron chi connectivity index (χ1n) is 10.1. The SMILES string of the molecule is CCCOc1ccc(C2C=C(OCC)c3c(C)oc(C)c3C(OCC)=C2)cc1. The summed E-state index contributed by atoms with van der Waals surface area (Å²) in [6.45, 7) is 12.0. The summed E-state index contributed by atoms with van der Waals surface area (Å²) < 4.78 is 23.7. The molecule has 4 heteroatoms. The summed E-state index contributed by atoms with van der Waals surface area (Å²) in [5.74, 6) is 4.31. The molecule has 0 radical (unpaired) electrons. The summed E-state index contributed by atoms with van der Waals surface area (Å²) in [6.07, 6.45) is 5.30. The molecular weight excluding hydrogens is 352 g/mol. The quantitative estimate of drug-likeness (QED) is 0.542. The number of fused-ring (bicyclic) bond motifs is 1. The van der Waals surface area contributed by atoms with Crippen molar-refractivity contribution in [2.24, 2.45) is 0 Å². The second kappa shape index (κ2) is 9.05. The molecule has 0 aliphatic heterocycles. The molecular formula is C24H30O4. The molecule has 0 unspecified atom stereocenters. The smallest absolute Gasteiger partial charge is 0.127 e. The zero-order valence-corrected chi connectivity index (χ0v) is 17.5. The van der Waals surface area contributed by atoms with E-state index in [4.69, 9.17) is 18.6 Å². The number of furan rings is 1. The average molecular weight is 383 g/mol. The van der Waals surface area contributed by atoms with Gasteiger partial charge in [0, 0.05) is 5.92 Å². The highest BCUT2D eigenvalue weighted by Gasteiger charge is 2.28. The van der Waals surface area contributed by atoms with E-state index in [9.17, 15) is 0 Å². The van der Waals surface area contributed by atoms with Gasteiger partial charge < -0.3 is 18.6 Å². The van der Waals surface area contributed by atoms with E-state index >= 15 is 0 Å². The van der Waals surface area contributed by atoms with E-state index in [0.29, 0.717) is 13.2 Å². The fraction of sp³-hybridized carbons (Fsp3) is 0.417. The minimum absolute atomic E-state index is 0.0366. The highest BCUT2D eigenvalue weighted by atomic mass is 16.5. The third kappa shape index (κ3) is 4.11. The van der Waals surface area contributed by atoms with Crippen LogP contribution in [0, 0.1) is 13.8 Å². The van der Waals surface area contributed by atoms with Gasteiger partial charge in [-0.25, -0.2) is 0 Å². The van der Waals surface area contributed by atoms with E-state index in [1.54, 1.807) is 0 Å². The Morgan fingerprint density at radius 3 is 1.79 bits per heavy atom. The maximum absolute atomic E-state index is 6.03. The Bertz CT molecular complexity index is 811.